The van der Waals surface area contributed by atoms with Crippen LogP contribution in [0.25, 0.3) is 0 Å². The van der Waals surface area contributed by atoms with Gasteiger partial charge in [0.2, 0.25) is 0 Å². The van der Waals surface area contributed by atoms with Gasteiger partial charge in [0, 0.05) is 29.4 Å². The van der Waals surface area contributed by atoms with Crippen LogP contribution in [0.3, 0.4) is 0 Å². The lowest BCUT2D eigenvalue weighted by Gasteiger charge is -2.34. The molecule has 2 aromatic rings. The summed E-state index contributed by atoms with van der Waals surface area (Å²) in [5.41, 5.74) is 2.07. The molecule has 0 saturated carbocycles. The first-order valence-electron chi connectivity index (χ1n) is 8.03. The van der Waals surface area contributed by atoms with Crippen molar-refractivity contribution in [3.63, 3.8) is 0 Å². The van der Waals surface area contributed by atoms with E-state index in [-0.39, 0.29) is 22.3 Å². The number of amides is 1. The molecule has 124 valence electrons. The summed E-state index contributed by atoms with van der Waals surface area (Å²) >= 11 is 5.92. The fourth-order valence-electron chi connectivity index (χ4n) is 3.85. The summed E-state index contributed by atoms with van der Waals surface area (Å²) in [6, 6.07) is 7.94. The minimum absolute atomic E-state index is 0.123. The van der Waals surface area contributed by atoms with Gasteiger partial charge in [0.1, 0.15) is 11.0 Å². The van der Waals surface area contributed by atoms with E-state index in [2.05, 4.69) is 10.3 Å². The van der Waals surface area contributed by atoms with Crippen molar-refractivity contribution in [2.24, 2.45) is 0 Å². The zero-order valence-corrected chi connectivity index (χ0v) is 13.8. The number of nitrogens with one attached hydrogen (secondary N) is 1. The van der Waals surface area contributed by atoms with Gasteiger partial charge in [-0.15, -0.1) is 0 Å². The second-order valence-corrected chi connectivity index (χ2v) is 6.84. The highest BCUT2D eigenvalue weighted by atomic mass is 35.5. The molecule has 0 unspecified atom stereocenters. The topological polar surface area (TPSA) is 45.2 Å². The number of aromatic nitrogens is 1. The molecule has 0 bridgehead atoms. The number of hydrogen-bond donors (Lipinski definition) is 1. The van der Waals surface area contributed by atoms with E-state index in [0.29, 0.717) is 12.1 Å². The Morgan fingerprint density at radius 1 is 1.25 bits per heavy atom. The van der Waals surface area contributed by atoms with Crippen molar-refractivity contribution in [2.75, 3.05) is 24.5 Å². The summed E-state index contributed by atoms with van der Waals surface area (Å²) in [6.45, 7) is 2.32. The number of pyridine rings is 1. The van der Waals surface area contributed by atoms with Crippen molar-refractivity contribution in [1.29, 1.82) is 0 Å². The molecule has 0 radical (unpaired) electrons. The lowest BCUT2D eigenvalue weighted by Crippen LogP contribution is -2.44. The molecule has 1 amide bonds. The third kappa shape index (κ3) is 2.48. The Labute approximate surface area is 144 Å². The zero-order valence-electron chi connectivity index (χ0n) is 13.1. The number of rotatable bonds is 1. The van der Waals surface area contributed by atoms with E-state index < -0.39 is 0 Å². The molecule has 4 rings (SSSR count). The highest BCUT2D eigenvalue weighted by Crippen LogP contribution is 2.46. The predicted molar refractivity (Wildman–Crippen MR) is 91.1 cm³/mol. The molecule has 1 aromatic heterocycles. The molecule has 1 fully saturated rings. The Morgan fingerprint density at radius 2 is 2.04 bits per heavy atom. The Kier molecular flexibility index (Phi) is 3.77. The molecule has 0 atom stereocenters. The minimum atomic E-state index is -0.257. The maximum absolute atomic E-state index is 13.9. The summed E-state index contributed by atoms with van der Waals surface area (Å²) in [6.07, 6.45) is 3.31. The zero-order chi connectivity index (χ0) is 16.7. The van der Waals surface area contributed by atoms with Crippen LogP contribution in [-0.2, 0) is 5.41 Å². The fraction of sp³-hybridized carbons (Fsp3) is 0.333. The molecule has 4 nitrogen and oxygen atoms in total. The van der Waals surface area contributed by atoms with E-state index in [1.807, 2.05) is 0 Å². The fourth-order valence-corrected chi connectivity index (χ4v) is 4.02. The summed E-state index contributed by atoms with van der Waals surface area (Å²) < 4.78 is 13.9. The van der Waals surface area contributed by atoms with Crippen LogP contribution in [0, 0.1) is 5.82 Å². The van der Waals surface area contributed by atoms with E-state index in [0.717, 1.165) is 37.2 Å². The predicted octanol–water partition coefficient (Wildman–Crippen LogP) is 3.16. The van der Waals surface area contributed by atoms with Crippen molar-refractivity contribution in [3.05, 3.63) is 58.6 Å². The molecule has 1 N–H and O–H groups in total. The Hall–Kier alpha value is -1.98. The number of piperidine rings is 1. The number of anilines is 1. The molecule has 6 heteroatoms. The van der Waals surface area contributed by atoms with Gasteiger partial charge in [0.05, 0.1) is 0 Å². The maximum Gasteiger partial charge on any atom is 0.258 e. The Bertz CT molecular complexity index is 805. The van der Waals surface area contributed by atoms with E-state index in [1.54, 1.807) is 29.2 Å². The number of halogens is 2. The van der Waals surface area contributed by atoms with Gasteiger partial charge in [-0.05, 0) is 61.8 Å². The summed E-state index contributed by atoms with van der Waals surface area (Å²) in [5.74, 6) is -0.379. The van der Waals surface area contributed by atoms with Gasteiger partial charge in [0.25, 0.3) is 5.91 Å². The van der Waals surface area contributed by atoms with Crippen LogP contribution in [-0.4, -0.2) is 30.5 Å². The largest absolute Gasteiger partial charge is 0.317 e. The monoisotopic (exact) mass is 345 g/mol. The van der Waals surface area contributed by atoms with E-state index in [9.17, 15) is 9.18 Å². The van der Waals surface area contributed by atoms with Gasteiger partial charge in [-0.3, -0.25) is 4.79 Å². The molecular weight excluding hydrogens is 329 g/mol. The number of hydrogen-bond acceptors (Lipinski definition) is 3. The maximum atomic E-state index is 13.9. The standard InChI is InChI=1S/C18H17ClFN3O/c19-16-9-12(3-6-22-16)17(24)23-11-18(4-7-21-8-5-18)14-10-13(20)1-2-15(14)23/h1-3,6,9-10,21H,4-5,7-8,11H2. The van der Waals surface area contributed by atoms with Crippen LogP contribution in [0.4, 0.5) is 10.1 Å². The van der Waals surface area contributed by atoms with Gasteiger partial charge in [0.15, 0.2) is 0 Å². The van der Waals surface area contributed by atoms with Gasteiger partial charge in [-0.2, -0.15) is 0 Å². The van der Waals surface area contributed by atoms with E-state index >= 15 is 0 Å². The van der Waals surface area contributed by atoms with E-state index in [4.69, 9.17) is 11.6 Å². The van der Waals surface area contributed by atoms with Crippen molar-refractivity contribution < 1.29 is 9.18 Å². The molecule has 3 heterocycles. The number of nitrogens with zero attached hydrogens (tertiary/aromatic N) is 2. The molecule has 2 aliphatic rings. The Balaban J connectivity index is 1.77. The summed E-state index contributed by atoms with van der Waals surface area (Å²) in [4.78, 5) is 18.7. The lowest BCUT2D eigenvalue weighted by molar-refractivity contribution is 0.0982. The van der Waals surface area contributed by atoms with Crippen molar-refractivity contribution in [2.45, 2.75) is 18.3 Å². The number of carbonyl (C=O) groups excluding carboxylic acids is 1. The van der Waals surface area contributed by atoms with Crippen molar-refractivity contribution in [3.8, 4) is 0 Å². The van der Waals surface area contributed by atoms with Crippen molar-refractivity contribution >= 4 is 23.2 Å². The van der Waals surface area contributed by atoms with Gasteiger partial charge < -0.3 is 10.2 Å². The van der Waals surface area contributed by atoms with Gasteiger partial charge >= 0.3 is 0 Å². The van der Waals surface area contributed by atoms with E-state index in [1.165, 1.54) is 12.3 Å². The number of fused-ring (bicyclic) bond motifs is 2. The first kappa shape index (κ1) is 15.5. The molecule has 1 aromatic carbocycles. The van der Waals surface area contributed by atoms with Crippen LogP contribution in [0.2, 0.25) is 5.15 Å². The second-order valence-electron chi connectivity index (χ2n) is 6.45. The SMILES string of the molecule is O=C(c1ccnc(Cl)c1)N1CC2(CCNCC2)c2cc(F)ccc21. The average molecular weight is 346 g/mol. The lowest BCUT2D eigenvalue weighted by atomic mass is 9.75. The molecular formula is C18H17ClFN3O. The van der Waals surface area contributed by atoms with Crippen LogP contribution in [0.1, 0.15) is 28.8 Å². The highest BCUT2D eigenvalue weighted by Gasteiger charge is 2.45. The normalized spacial score (nSPS) is 18.7. The first-order valence-corrected chi connectivity index (χ1v) is 8.41. The Morgan fingerprint density at radius 3 is 2.79 bits per heavy atom. The molecule has 1 spiro atoms. The van der Waals surface area contributed by atoms with Crippen LogP contribution >= 0.6 is 11.6 Å². The molecule has 24 heavy (non-hydrogen) atoms. The molecule has 1 saturated heterocycles. The van der Waals surface area contributed by atoms with Gasteiger partial charge in [-0.1, -0.05) is 11.6 Å². The van der Waals surface area contributed by atoms with Gasteiger partial charge in [-0.25, -0.2) is 9.37 Å². The third-order valence-electron chi connectivity index (χ3n) is 5.06. The van der Waals surface area contributed by atoms with Crippen LogP contribution in [0.15, 0.2) is 36.5 Å². The van der Waals surface area contributed by atoms with Crippen LogP contribution in [0.5, 0.6) is 0 Å². The first-order chi connectivity index (χ1) is 11.6. The smallest absolute Gasteiger partial charge is 0.258 e. The number of benzene rings is 1. The molecule has 2 aliphatic heterocycles. The summed E-state index contributed by atoms with van der Waals surface area (Å²) in [7, 11) is 0. The van der Waals surface area contributed by atoms with Crippen molar-refractivity contribution in [1.82, 2.24) is 10.3 Å². The van der Waals surface area contributed by atoms with Crippen LogP contribution < -0.4 is 10.2 Å². The highest BCUT2D eigenvalue weighted by molar-refractivity contribution is 6.29. The quantitative estimate of drug-likeness (QED) is 0.807. The molecule has 0 aliphatic carbocycles. The average Bonchev–Trinajstić information content (AvgIpc) is 2.88. The number of carbonyl (C=O) groups is 1. The second kappa shape index (κ2) is 5.83. The summed E-state index contributed by atoms with van der Waals surface area (Å²) in [5, 5.41) is 3.63. The third-order valence-corrected chi connectivity index (χ3v) is 5.27. The minimum Gasteiger partial charge on any atom is -0.317 e.